The maximum Gasteiger partial charge on any atom is 0.325 e. The molecule has 0 aliphatic rings. The highest BCUT2D eigenvalue weighted by Crippen LogP contribution is 2.22. The van der Waals surface area contributed by atoms with Crippen LogP contribution in [0.15, 0.2) is 39.5 Å². The molecule has 1 amide bonds. The van der Waals surface area contributed by atoms with Crippen LogP contribution in [0.3, 0.4) is 0 Å². The summed E-state index contributed by atoms with van der Waals surface area (Å²) in [5.74, 6) is -1.31. The summed E-state index contributed by atoms with van der Waals surface area (Å²) in [4.78, 5) is 22.6. The molecule has 1 heterocycles. The SMILES string of the molecule is O=C(O)Cn1cc(NC(=O)c2cc(Br)ccc2Br)cn1. The van der Waals surface area contributed by atoms with Gasteiger partial charge in [-0.05, 0) is 34.1 Å². The number of amides is 1. The monoisotopic (exact) mass is 401 g/mol. The number of rotatable bonds is 4. The molecule has 0 saturated heterocycles. The molecular formula is C12H9Br2N3O3. The molecule has 0 unspecified atom stereocenters. The second kappa shape index (κ2) is 6.19. The molecule has 2 rings (SSSR count). The first-order valence-corrected chi connectivity index (χ1v) is 7.05. The molecule has 104 valence electrons. The van der Waals surface area contributed by atoms with Gasteiger partial charge in [-0.3, -0.25) is 14.3 Å². The fraction of sp³-hybridized carbons (Fsp3) is 0.0833. The number of hydrogen-bond acceptors (Lipinski definition) is 3. The van der Waals surface area contributed by atoms with Gasteiger partial charge in [-0.15, -0.1) is 0 Å². The second-order valence-corrected chi connectivity index (χ2v) is 5.67. The number of nitrogens with one attached hydrogen (secondary N) is 1. The molecule has 2 N–H and O–H groups in total. The van der Waals surface area contributed by atoms with E-state index in [0.29, 0.717) is 15.7 Å². The van der Waals surface area contributed by atoms with Gasteiger partial charge in [0.25, 0.3) is 5.91 Å². The number of halogens is 2. The predicted octanol–water partition coefficient (Wildman–Crippen LogP) is 2.75. The lowest BCUT2D eigenvalue weighted by molar-refractivity contribution is -0.137. The average Bonchev–Trinajstić information content (AvgIpc) is 2.78. The van der Waals surface area contributed by atoms with E-state index in [1.165, 1.54) is 17.1 Å². The van der Waals surface area contributed by atoms with E-state index in [1.807, 2.05) is 6.07 Å². The Bertz CT molecular complexity index is 670. The van der Waals surface area contributed by atoms with Crippen LogP contribution in [0.1, 0.15) is 10.4 Å². The molecule has 0 bridgehead atoms. The number of hydrogen-bond donors (Lipinski definition) is 2. The van der Waals surface area contributed by atoms with Crippen molar-refractivity contribution in [2.45, 2.75) is 6.54 Å². The minimum Gasteiger partial charge on any atom is -0.480 e. The van der Waals surface area contributed by atoms with Gasteiger partial charge in [0.15, 0.2) is 0 Å². The molecule has 0 aliphatic heterocycles. The van der Waals surface area contributed by atoms with Crippen molar-refractivity contribution in [3.8, 4) is 0 Å². The standard InChI is InChI=1S/C12H9Br2N3O3/c13-7-1-2-10(14)9(3-7)12(20)16-8-4-15-17(5-8)6-11(18)19/h1-5H,6H2,(H,16,20)(H,18,19). The minimum absolute atomic E-state index is 0.254. The number of anilines is 1. The Hall–Kier alpha value is -1.67. The third-order valence-electron chi connectivity index (χ3n) is 2.36. The number of nitrogens with zero attached hydrogens (tertiary/aromatic N) is 2. The predicted molar refractivity (Wildman–Crippen MR) is 79.7 cm³/mol. The lowest BCUT2D eigenvalue weighted by atomic mass is 10.2. The van der Waals surface area contributed by atoms with Crippen molar-refractivity contribution in [1.29, 1.82) is 0 Å². The number of benzene rings is 1. The molecule has 0 radical (unpaired) electrons. The number of carboxylic acid groups (broad SMARTS) is 1. The van der Waals surface area contributed by atoms with Crippen molar-refractivity contribution in [3.63, 3.8) is 0 Å². The summed E-state index contributed by atoms with van der Waals surface area (Å²) in [6, 6.07) is 5.25. The van der Waals surface area contributed by atoms with E-state index >= 15 is 0 Å². The van der Waals surface area contributed by atoms with Crippen molar-refractivity contribution in [1.82, 2.24) is 9.78 Å². The molecule has 20 heavy (non-hydrogen) atoms. The first-order valence-electron chi connectivity index (χ1n) is 5.46. The second-order valence-electron chi connectivity index (χ2n) is 3.90. The summed E-state index contributed by atoms with van der Waals surface area (Å²) in [6.45, 7) is -0.254. The maximum atomic E-state index is 12.1. The molecule has 0 fully saturated rings. The Morgan fingerprint density at radius 2 is 2.10 bits per heavy atom. The first-order chi connectivity index (χ1) is 9.45. The van der Waals surface area contributed by atoms with Crippen LogP contribution in [0.25, 0.3) is 0 Å². The van der Waals surface area contributed by atoms with Gasteiger partial charge in [0, 0.05) is 15.1 Å². The first kappa shape index (κ1) is 14.7. The smallest absolute Gasteiger partial charge is 0.325 e. The zero-order valence-electron chi connectivity index (χ0n) is 10.0. The van der Waals surface area contributed by atoms with Gasteiger partial charge in [-0.2, -0.15) is 5.10 Å². The zero-order chi connectivity index (χ0) is 14.7. The molecule has 0 saturated carbocycles. The highest BCUT2D eigenvalue weighted by Gasteiger charge is 2.12. The van der Waals surface area contributed by atoms with Crippen molar-refractivity contribution in [2.24, 2.45) is 0 Å². The molecule has 1 aromatic carbocycles. The number of carbonyl (C=O) groups is 2. The van der Waals surface area contributed by atoms with E-state index in [-0.39, 0.29) is 12.5 Å². The van der Waals surface area contributed by atoms with Crippen LogP contribution in [0.2, 0.25) is 0 Å². The van der Waals surface area contributed by atoms with E-state index in [9.17, 15) is 9.59 Å². The number of carboxylic acids is 1. The number of carbonyl (C=O) groups excluding carboxylic acids is 1. The van der Waals surface area contributed by atoms with E-state index in [0.717, 1.165) is 4.47 Å². The van der Waals surface area contributed by atoms with Crippen molar-refractivity contribution < 1.29 is 14.7 Å². The number of aromatic nitrogens is 2. The summed E-state index contributed by atoms with van der Waals surface area (Å²) >= 11 is 6.60. The Kier molecular flexibility index (Phi) is 4.56. The quantitative estimate of drug-likeness (QED) is 0.823. The highest BCUT2D eigenvalue weighted by atomic mass is 79.9. The van der Waals surface area contributed by atoms with E-state index < -0.39 is 5.97 Å². The third-order valence-corrected chi connectivity index (χ3v) is 3.55. The van der Waals surface area contributed by atoms with Gasteiger partial charge >= 0.3 is 5.97 Å². The fourth-order valence-electron chi connectivity index (χ4n) is 1.52. The number of aliphatic carboxylic acids is 1. The van der Waals surface area contributed by atoms with Crippen LogP contribution in [0, 0.1) is 0 Å². The molecule has 0 aliphatic carbocycles. The Labute approximate surface area is 131 Å². The Morgan fingerprint density at radius 1 is 1.35 bits per heavy atom. The van der Waals surface area contributed by atoms with E-state index in [2.05, 4.69) is 42.3 Å². The van der Waals surface area contributed by atoms with E-state index in [4.69, 9.17) is 5.11 Å². The topological polar surface area (TPSA) is 84.2 Å². The Balaban J connectivity index is 2.13. The van der Waals surface area contributed by atoms with Crippen LogP contribution < -0.4 is 5.32 Å². The summed E-state index contributed by atoms with van der Waals surface area (Å²) in [5.41, 5.74) is 0.897. The Morgan fingerprint density at radius 3 is 2.80 bits per heavy atom. The van der Waals surface area contributed by atoms with E-state index in [1.54, 1.807) is 12.1 Å². The normalized spacial score (nSPS) is 10.3. The molecule has 1 aromatic heterocycles. The summed E-state index contributed by atoms with van der Waals surface area (Å²) in [5, 5.41) is 15.1. The molecule has 2 aromatic rings. The maximum absolute atomic E-state index is 12.1. The largest absolute Gasteiger partial charge is 0.480 e. The summed E-state index contributed by atoms with van der Waals surface area (Å²) < 4.78 is 2.68. The average molecular weight is 403 g/mol. The van der Waals surface area contributed by atoms with Crippen molar-refractivity contribution in [2.75, 3.05) is 5.32 Å². The van der Waals surface area contributed by atoms with Gasteiger partial charge < -0.3 is 10.4 Å². The van der Waals surface area contributed by atoms with Crippen LogP contribution in [0.5, 0.6) is 0 Å². The van der Waals surface area contributed by atoms with Crippen molar-refractivity contribution >= 4 is 49.4 Å². The van der Waals surface area contributed by atoms with Gasteiger partial charge in [0.05, 0.1) is 17.4 Å². The minimum atomic E-state index is -0.999. The van der Waals surface area contributed by atoms with Gasteiger partial charge in [0.2, 0.25) is 0 Å². The summed E-state index contributed by atoms with van der Waals surface area (Å²) in [7, 11) is 0. The molecular weight excluding hydrogens is 394 g/mol. The van der Waals surface area contributed by atoms with Crippen LogP contribution in [0.4, 0.5) is 5.69 Å². The van der Waals surface area contributed by atoms with Gasteiger partial charge in [-0.25, -0.2) is 0 Å². The van der Waals surface area contributed by atoms with Gasteiger partial charge in [-0.1, -0.05) is 15.9 Å². The van der Waals surface area contributed by atoms with Crippen LogP contribution >= 0.6 is 31.9 Å². The van der Waals surface area contributed by atoms with Gasteiger partial charge in [0.1, 0.15) is 6.54 Å². The van der Waals surface area contributed by atoms with Crippen molar-refractivity contribution in [3.05, 3.63) is 45.1 Å². The molecule has 8 heteroatoms. The summed E-state index contributed by atoms with van der Waals surface area (Å²) in [6.07, 6.45) is 2.85. The molecule has 0 atom stereocenters. The molecule has 6 nitrogen and oxygen atoms in total. The fourth-order valence-corrected chi connectivity index (χ4v) is 2.31. The molecule has 0 spiro atoms. The van der Waals surface area contributed by atoms with Crippen LogP contribution in [-0.4, -0.2) is 26.8 Å². The zero-order valence-corrected chi connectivity index (χ0v) is 13.2. The highest BCUT2D eigenvalue weighted by molar-refractivity contribution is 9.11. The lowest BCUT2D eigenvalue weighted by Gasteiger charge is -2.05. The third kappa shape index (κ3) is 3.67. The lowest BCUT2D eigenvalue weighted by Crippen LogP contribution is -2.12. The van der Waals surface area contributed by atoms with Crippen LogP contribution in [-0.2, 0) is 11.3 Å².